The van der Waals surface area contributed by atoms with E-state index in [-0.39, 0.29) is 48.5 Å². The van der Waals surface area contributed by atoms with Gasteiger partial charge in [-0.05, 0) is 20.3 Å². The predicted molar refractivity (Wildman–Crippen MR) is 110 cm³/mol. The molecule has 25 heavy (non-hydrogen) atoms. The Morgan fingerprint density at radius 2 is 2.16 bits per heavy atom. The van der Waals surface area contributed by atoms with Crippen LogP contribution < -0.4 is 10.6 Å². The van der Waals surface area contributed by atoms with Crippen LogP contribution in [0.25, 0.3) is 0 Å². The quantitative estimate of drug-likeness (QED) is 0.186. The van der Waals surface area contributed by atoms with Crippen molar-refractivity contribution in [3.63, 3.8) is 0 Å². The number of nitrogens with zero attached hydrogens (tertiary/aromatic N) is 1. The fourth-order valence-electron chi connectivity index (χ4n) is 2.05. The molecule has 1 rings (SSSR count). The Bertz CT molecular complexity index is 470. The van der Waals surface area contributed by atoms with E-state index in [2.05, 4.69) is 15.6 Å². The van der Waals surface area contributed by atoms with Crippen molar-refractivity contribution in [2.24, 2.45) is 4.99 Å². The number of hydrogen-bond donors (Lipinski definition) is 2. The molecule has 150 valence electrons. The van der Waals surface area contributed by atoms with Gasteiger partial charge in [-0.2, -0.15) is 0 Å². The van der Waals surface area contributed by atoms with Crippen LogP contribution in [0.4, 0.5) is 0 Å². The van der Waals surface area contributed by atoms with Crippen molar-refractivity contribution in [1.29, 1.82) is 0 Å². The minimum atomic E-state index is -2.97. The summed E-state index contributed by atoms with van der Waals surface area (Å²) in [6.07, 6.45) is 2.34. The van der Waals surface area contributed by atoms with Gasteiger partial charge in [0.1, 0.15) is 9.84 Å². The summed E-state index contributed by atoms with van der Waals surface area (Å²) < 4.78 is 38.3. The van der Waals surface area contributed by atoms with Crippen molar-refractivity contribution >= 4 is 39.8 Å². The van der Waals surface area contributed by atoms with Crippen LogP contribution in [0, 0.1) is 0 Å². The number of ether oxygens (including phenoxy) is 3. The van der Waals surface area contributed by atoms with E-state index in [1.54, 1.807) is 0 Å². The van der Waals surface area contributed by atoms with Gasteiger partial charge in [0.05, 0.1) is 44.8 Å². The van der Waals surface area contributed by atoms with Crippen molar-refractivity contribution < 1.29 is 22.6 Å². The number of hydrogen-bond acceptors (Lipinski definition) is 6. The number of guanidine groups is 1. The second-order valence-electron chi connectivity index (χ2n) is 5.87. The molecular weight excluding hydrogens is 461 g/mol. The predicted octanol–water partition coefficient (Wildman–Crippen LogP) is 0.415. The number of aliphatic imine (C=N–C) groups is 1. The van der Waals surface area contributed by atoms with Gasteiger partial charge in [-0.15, -0.1) is 24.0 Å². The lowest BCUT2D eigenvalue weighted by Gasteiger charge is -2.19. The largest absolute Gasteiger partial charge is 0.379 e. The second-order valence-corrected chi connectivity index (χ2v) is 8.13. The molecule has 1 fully saturated rings. The molecule has 1 heterocycles. The highest BCUT2D eigenvalue weighted by Crippen LogP contribution is 2.08. The number of sulfone groups is 1. The topological polar surface area (TPSA) is 98.3 Å². The Balaban J connectivity index is 0.00000576. The van der Waals surface area contributed by atoms with Crippen LogP contribution in [-0.4, -0.2) is 84.7 Å². The van der Waals surface area contributed by atoms with Gasteiger partial charge in [0.2, 0.25) is 0 Å². The maximum atomic E-state index is 11.0. The maximum Gasteiger partial charge on any atom is 0.191 e. The van der Waals surface area contributed by atoms with Gasteiger partial charge in [0.25, 0.3) is 0 Å². The third-order valence-electron chi connectivity index (χ3n) is 3.30. The molecule has 0 amide bonds. The zero-order valence-corrected chi connectivity index (χ0v) is 18.5. The van der Waals surface area contributed by atoms with Crippen LogP contribution in [0.5, 0.6) is 0 Å². The molecule has 0 aromatic heterocycles. The molecule has 0 spiro atoms. The Labute approximate surface area is 168 Å². The molecule has 1 saturated heterocycles. The van der Waals surface area contributed by atoms with Gasteiger partial charge in [-0.3, -0.25) is 4.99 Å². The highest BCUT2D eigenvalue weighted by Gasteiger charge is 2.17. The van der Waals surface area contributed by atoms with Gasteiger partial charge in [0.15, 0.2) is 5.96 Å². The first-order valence-corrected chi connectivity index (χ1v) is 10.5. The second kappa shape index (κ2) is 14.0. The normalized spacial score (nSPS) is 19.3. The van der Waals surface area contributed by atoms with Gasteiger partial charge in [-0.1, -0.05) is 0 Å². The van der Waals surface area contributed by atoms with Crippen molar-refractivity contribution in [2.45, 2.75) is 32.4 Å². The van der Waals surface area contributed by atoms with Crippen LogP contribution >= 0.6 is 24.0 Å². The molecule has 2 N–H and O–H groups in total. The molecule has 0 aromatic rings. The highest BCUT2D eigenvalue weighted by atomic mass is 127. The van der Waals surface area contributed by atoms with Crippen molar-refractivity contribution in [2.75, 3.05) is 58.1 Å². The van der Waals surface area contributed by atoms with Crippen LogP contribution in [0.3, 0.4) is 0 Å². The molecular formula is C15H32IN3O5S. The van der Waals surface area contributed by atoms with E-state index in [0.29, 0.717) is 32.3 Å². The number of halogens is 1. The summed E-state index contributed by atoms with van der Waals surface area (Å²) in [6, 6.07) is 0.120. The minimum Gasteiger partial charge on any atom is -0.379 e. The Hall–Kier alpha value is -0.170. The fourth-order valence-corrected chi connectivity index (χ4v) is 2.47. The van der Waals surface area contributed by atoms with Crippen LogP contribution in [-0.2, 0) is 24.0 Å². The van der Waals surface area contributed by atoms with Gasteiger partial charge in [-0.25, -0.2) is 8.42 Å². The summed E-state index contributed by atoms with van der Waals surface area (Å²) in [5.74, 6) is 0.733. The average Bonchev–Trinajstić information content (AvgIpc) is 3.01. The third kappa shape index (κ3) is 13.7. The molecule has 1 aliphatic heterocycles. The van der Waals surface area contributed by atoms with Crippen LogP contribution in [0.2, 0.25) is 0 Å². The smallest absolute Gasteiger partial charge is 0.191 e. The van der Waals surface area contributed by atoms with Crippen LogP contribution in [0.1, 0.15) is 20.3 Å². The molecule has 2 unspecified atom stereocenters. The Morgan fingerprint density at radius 3 is 2.76 bits per heavy atom. The van der Waals surface area contributed by atoms with E-state index in [4.69, 9.17) is 14.2 Å². The zero-order chi connectivity index (χ0) is 17.8. The van der Waals surface area contributed by atoms with Gasteiger partial charge in [0, 0.05) is 25.4 Å². The van der Waals surface area contributed by atoms with E-state index >= 15 is 0 Å². The molecule has 8 nitrogen and oxygen atoms in total. The van der Waals surface area contributed by atoms with Crippen molar-refractivity contribution in [3.8, 4) is 0 Å². The lowest BCUT2D eigenvalue weighted by Crippen LogP contribution is -2.44. The summed E-state index contributed by atoms with van der Waals surface area (Å²) in [6.45, 7) is 7.86. The molecule has 1 aliphatic rings. The summed E-state index contributed by atoms with van der Waals surface area (Å²) >= 11 is 0. The Morgan fingerprint density at radius 1 is 1.40 bits per heavy atom. The van der Waals surface area contributed by atoms with E-state index in [1.807, 2.05) is 13.8 Å². The van der Waals surface area contributed by atoms with Gasteiger partial charge < -0.3 is 24.8 Å². The van der Waals surface area contributed by atoms with E-state index < -0.39 is 9.84 Å². The summed E-state index contributed by atoms with van der Waals surface area (Å²) in [4.78, 5) is 4.41. The first-order valence-electron chi connectivity index (χ1n) is 8.40. The first kappa shape index (κ1) is 24.8. The molecule has 0 saturated carbocycles. The summed E-state index contributed by atoms with van der Waals surface area (Å²) in [5, 5.41) is 6.44. The van der Waals surface area contributed by atoms with Gasteiger partial charge >= 0.3 is 0 Å². The molecule has 0 aliphatic carbocycles. The molecule has 0 bridgehead atoms. The van der Waals surface area contributed by atoms with E-state index in [9.17, 15) is 8.42 Å². The Kier molecular flexibility index (Phi) is 13.9. The molecule has 0 radical (unpaired) electrons. The highest BCUT2D eigenvalue weighted by molar-refractivity contribution is 14.0. The maximum absolute atomic E-state index is 11.0. The monoisotopic (exact) mass is 493 g/mol. The third-order valence-corrected chi connectivity index (χ3v) is 4.21. The molecule has 0 aromatic carbocycles. The first-order chi connectivity index (χ1) is 11.4. The standard InChI is InChI=1S/C15H31N3O5S.HI/c1-4-16-15(17-6-8-21-9-10-24(3,19)20)18-13(2)11-23-14-5-7-22-12-14;/h13-14H,4-12H2,1-3H3,(H2,16,17,18);1H. The lowest BCUT2D eigenvalue weighted by molar-refractivity contribution is 0.0347. The van der Waals surface area contributed by atoms with Crippen molar-refractivity contribution in [3.05, 3.63) is 0 Å². The zero-order valence-electron chi connectivity index (χ0n) is 15.3. The molecule has 10 heteroatoms. The van der Waals surface area contributed by atoms with E-state index in [1.165, 1.54) is 6.26 Å². The van der Waals surface area contributed by atoms with Crippen LogP contribution in [0.15, 0.2) is 4.99 Å². The molecule has 2 atom stereocenters. The number of rotatable bonds is 11. The average molecular weight is 493 g/mol. The fraction of sp³-hybridized carbons (Fsp3) is 0.933. The van der Waals surface area contributed by atoms with E-state index in [0.717, 1.165) is 19.6 Å². The summed E-state index contributed by atoms with van der Waals surface area (Å²) in [5.41, 5.74) is 0. The SMILES string of the molecule is CCNC(=NCCOCCS(C)(=O)=O)NC(C)COC1CCOC1.I. The van der Waals surface area contributed by atoms with Crippen molar-refractivity contribution in [1.82, 2.24) is 10.6 Å². The number of nitrogens with one attached hydrogen (secondary N) is 2. The lowest BCUT2D eigenvalue weighted by atomic mass is 10.3. The minimum absolute atomic E-state index is 0. The summed E-state index contributed by atoms with van der Waals surface area (Å²) in [7, 11) is -2.97.